The first-order valence-electron chi connectivity index (χ1n) is 10.2. The second-order valence-corrected chi connectivity index (χ2v) is 7.74. The number of carbonyl (C=O) groups is 1. The zero-order valence-electron chi connectivity index (χ0n) is 18.1. The summed E-state index contributed by atoms with van der Waals surface area (Å²) < 4.78 is 19.7. The van der Waals surface area contributed by atoms with E-state index in [-0.39, 0.29) is 18.0 Å². The van der Waals surface area contributed by atoms with Crippen LogP contribution >= 0.6 is 11.6 Å². The summed E-state index contributed by atoms with van der Waals surface area (Å²) in [6.45, 7) is 5.71. The van der Waals surface area contributed by atoms with E-state index in [9.17, 15) is 14.4 Å². The number of hydrogen-bond acceptors (Lipinski definition) is 3. The lowest BCUT2D eigenvalue weighted by molar-refractivity contribution is -0.112. The number of carbonyl (C=O) groups excluding carboxylic acids is 1. The Morgan fingerprint density at radius 2 is 1.97 bits per heavy atom. The molecule has 0 aliphatic rings. The fraction of sp³-hybridized carbons (Fsp3) is 0.111. The first kappa shape index (κ1) is 23.8. The minimum atomic E-state index is -0.539. The topological polar surface area (TPSA) is 62.1 Å². The third kappa shape index (κ3) is 6.31. The second-order valence-electron chi connectivity index (χ2n) is 7.33. The Bertz CT molecular complexity index is 1260. The third-order valence-electron chi connectivity index (χ3n) is 4.90. The maximum Gasteiger partial charge on any atom is 0.266 e. The Balaban J connectivity index is 1.80. The zero-order valence-corrected chi connectivity index (χ0v) is 18.8. The van der Waals surface area contributed by atoms with Crippen LogP contribution in [0.5, 0.6) is 5.75 Å². The molecule has 0 unspecified atom stereocenters. The molecule has 3 aromatic rings. The van der Waals surface area contributed by atoms with Crippen LogP contribution in [0.1, 0.15) is 22.3 Å². The summed E-state index contributed by atoms with van der Waals surface area (Å²) in [6, 6.07) is 18.8. The number of anilines is 1. The van der Waals surface area contributed by atoms with Crippen molar-refractivity contribution in [3.63, 3.8) is 0 Å². The molecule has 6 heteroatoms. The molecule has 0 saturated carbocycles. The van der Waals surface area contributed by atoms with Gasteiger partial charge in [0.05, 0.1) is 0 Å². The van der Waals surface area contributed by atoms with Gasteiger partial charge >= 0.3 is 0 Å². The van der Waals surface area contributed by atoms with Crippen molar-refractivity contribution >= 4 is 29.3 Å². The quantitative estimate of drug-likeness (QED) is 0.233. The van der Waals surface area contributed by atoms with E-state index in [2.05, 4.69) is 11.9 Å². The van der Waals surface area contributed by atoms with Gasteiger partial charge in [-0.1, -0.05) is 48.0 Å². The lowest BCUT2D eigenvalue weighted by Crippen LogP contribution is -2.13. The van der Waals surface area contributed by atoms with Crippen LogP contribution < -0.4 is 10.1 Å². The first-order valence-corrected chi connectivity index (χ1v) is 10.6. The summed E-state index contributed by atoms with van der Waals surface area (Å²) in [4.78, 5) is 12.6. The van der Waals surface area contributed by atoms with E-state index in [1.165, 1.54) is 12.1 Å². The molecule has 0 bridgehead atoms. The Kier molecular flexibility index (Phi) is 8.01. The highest BCUT2D eigenvalue weighted by Gasteiger charge is 2.12. The van der Waals surface area contributed by atoms with E-state index < -0.39 is 5.91 Å². The molecule has 3 rings (SSSR count). The van der Waals surface area contributed by atoms with E-state index in [4.69, 9.17) is 16.3 Å². The molecule has 0 fully saturated rings. The van der Waals surface area contributed by atoms with Gasteiger partial charge in [0, 0.05) is 16.3 Å². The minimum Gasteiger partial charge on any atom is -0.489 e. The summed E-state index contributed by atoms with van der Waals surface area (Å²) in [7, 11) is 0. The number of halogens is 2. The molecule has 0 aliphatic carbocycles. The van der Waals surface area contributed by atoms with Crippen LogP contribution in [0, 0.1) is 24.1 Å². The molecule has 1 amide bonds. The lowest BCUT2D eigenvalue weighted by Gasteiger charge is -2.12. The highest BCUT2D eigenvalue weighted by Crippen LogP contribution is 2.25. The SMILES string of the molecule is C=CCc1cc(/C=C(/C#N)C(=O)Nc2ccc(C)c(Cl)c2)ccc1OCc1ccccc1F. The zero-order chi connectivity index (χ0) is 23.8. The van der Waals surface area contributed by atoms with E-state index in [1.807, 2.05) is 19.1 Å². The Morgan fingerprint density at radius 1 is 1.18 bits per heavy atom. The van der Waals surface area contributed by atoms with Crippen LogP contribution in [-0.4, -0.2) is 5.91 Å². The smallest absolute Gasteiger partial charge is 0.266 e. The van der Waals surface area contributed by atoms with Gasteiger partial charge in [-0.25, -0.2) is 4.39 Å². The maximum atomic E-state index is 13.9. The van der Waals surface area contributed by atoms with Crippen molar-refractivity contribution in [3.8, 4) is 11.8 Å². The van der Waals surface area contributed by atoms with E-state index >= 15 is 0 Å². The number of aryl methyl sites for hydroxylation is 1. The fourth-order valence-electron chi connectivity index (χ4n) is 3.10. The molecular weight excluding hydrogens is 439 g/mol. The van der Waals surface area contributed by atoms with Crippen LogP contribution in [0.2, 0.25) is 5.02 Å². The van der Waals surface area contributed by atoms with Crippen LogP contribution in [0.4, 0.5) is 10.1 Å². The standard InChI is InChI=1S/C27H22ClFN2O2/c1-3-6-20-13-19(10-12-26(20)33-17-21-7-4-5-8-25(21)29)14-22(16-30)27(32)31-23-11-9-18(2)24(28)15-23/h3-5,7-15H,1,6,17H2,2H3,(H,31,32)/b22-14-. The van der Waals surface area contributed by atoms with Crippen LogP contribution in [-0.2, 0) is 17.8 Å². The lowest BCUT2D eigenvalue weighted by atomic mass is 10.0. The molecule has 0 spiro atoms. The minimum absolute atomic E-state index is 0.0590. The molecule has 4 nitrogen and oxygen atoms in total. The number of allylic oxidation sites excluding steroid dienone is 1. The summed E-state index contributed by atoms with van der Waals surface area (Å²) >= 11 is 6.10. The highest BCUT2D eigenvalue weighted by molar-refractivity contribution is 6.31. The second kappa shape index (κ2) is 11.1. The van der Waals surface area contributed by atoms with Crippen molar-refractivity contribution in [3.05, 3.63) is 112 Å². The predicted molar refractivity (Wildman–Crippen MR) is 129 cm³/mol. The molecule has 0 saturated heterocycles. The summed E-state index contributed by atoms with van der Waals surface area (Å²) in [5, 5.41) is 12.7. The molecule has 3 aromatic carbocycles. The number of amides is 1. The normalized spacial score (nSPS) is 10.9. The molecule has 0 aliphatic heterocycles. The molecule has 1 N–H and O–H groups in total. The Hall–Kier alpha value is -3.88. The Morgan fingerprint density at radius 3 is 2.67 bits per heavy atom. The summed E-state index contributed by atoms with van der Waals surface area (Å²) in [5.41, 5.74) is 3.23. The van der Waals surface area contributed by atoms with Crippen molar-refractivity contribution in [1.82, 2.24) is 0 Å². The van der Waals surface area contributed by atoms with Gasteiger partial charge in [0.15, 0.2) is 0 Å². The number of hydrogen-bond donors (Lipinski definition) is 1. The summed E-state index contributed by atoms with van der Waals surface area (Å²) in [6.07, 6.45) is 3.72. The van der Waals surface area contributed by atoms with Crippen molar-refractivity contribution in [2.24, 2.45) is 0 Å². The number of benzene rings is 3. The summed E-state index contributed by atoms with van der Waals surface area (Å²) in [5.74, 6) is -0.294. The largest absolute Gasteiger partial charge is 0.489 e. The molecule has 0 heterocycles. The molecule has 0 radical (unpaired) electrons. The van der Waals surface area contributed by atoms with Crippen molar-refractivity contribution < 1.29 is 13.9 Å². The van der Waals surface area contributed by atoms with E-state index in [0.29, 0.717) is 34.0 Å². The van der Waals surface area contributed by atoms with Gasteiger partial charge in [-0.2, -0.15) is 5.26 Å². The van der Waals surface area contributed by atoms with Gasteiger partial charge in [-0.05, 0) is 66.4 Å². The number of nitrogens with one attached hydrogen (secondary N) is 1. The first-order chi connectivity index (χ1) is 15.9. The van der Waals surface area contributed by atoms with Gasteiger partial charge in [0.1, 0.15) is 29.8 Å². The molecule has 0 atom stereocenters. The average Bonchev–Trinajstić information content (AvgIpc) is 2.80. The number of ether oxygens (including phenoxy) is 1. The molecule has 166 valence electrons. The van der Waals surface area contributed by atoms with Crippen LogP contribution in [0.3, 0.4) is 0 Å². The maximum absolute atomic E-state index is 13.9. The predicted octanol–water partition coefficient (Wildman–Crippen LogP) is 6.64. The van der Waals surface area contributed by atoms with Gasteiger partial charge in [-0.3, -0.25) is 4.79 Å². The molecule has 0 aromatic heterocycles. The average molecular weight is 461 g/mol. The number of nitrogens with zero attached hydrogens (tertiary/aromatic N) is 1. The number of nitriles is 1. The fourth-order valence-corrected chi connectivity index (χ4v) is 3.28. The van der Waals surface area contributed by atoms with E-state index in [1.54, 1.807) is 54.6 Å². The van der Waals surface area contributed by atoms with Crippen molar-refractivity contribution in [2.45, 2.75) is 20.0 Å². The molecular formula is C27H22ClFN2O2. The Labute approximate surface area is 197 Å². The van der Waals surface area contributed by atoms with Crippen molar-refractivity contribution in [2.75, 3.05) is 5.32 Å². The van der Waals surface area contributed by atoms with Gasteiger partial charge in [-0.15, -0.1) is 6.58 Å². The highest BCUT2D eigenvalue weighted by atomic mass is 35.5. The van der Waals surface area contributed by atoms with Crippen LogP contribution in [0.15, 0.2) is 78.9 Å². The van der Waals surface area contributed by atoms with Gasteiger partial charge < -0.3 is 10.1 Å². The monoisotopic (exact) mass is 460 g/mol. The molecule has 33 heavy (non-hydrogen) atoms. The number of rotatable bonds is 8. The van der Waals surface area contributed by atoms with Gasteiger partial charge in [0.2, 0.25) is 0 Å². The third-order valence-corrected chi connectivity index (χ3v) is 5.30. The van der Waals surface area contributed by atoms with E-state index in [0.717, 1.165) is 11.1 Å². The van der Waals surface area contributed by atoms with Crippen molar-refractivity contribution in [1.29, 1.82) is 5.26 Å². The van der Waals surface area contributed by atoms with Crippen LogP contribution in [0.25, 0.3) is 6.08 Å². The van der Waals surface area contributed by atoms with Gasteiger partial charge in [0.25, 0.3) is 5.91 Å².